The summed E-state index contributed by atoms with van der Waals surface area (Å²) in [5.74, 6) is -5.28. The second kappa shape index (κ2) is 9.70. The number of carbonyl (C=O) groups is 4. The summed E-state index contributed by atoms with van der Waals surface area (Å²) in [5.41, 5.74) is 0.830. The first-order valence-corrected chi connectivity index (χ1v) is 12.1. The third-order valence-corrected chi connectivity index (χ3v) is 7.02. The highest BCUT2D eigenvalue weighted by Gasteiger charge is 2.44. The van der Waals surface area contributed by atoms with Crippen LogP contribution in [0.4, 0.5) is 22.0 Å². The van der Waals surface area contributed by atoms with E-state index in [0.29, 0.717) is 11.1 Å². The molecular formula is C26H23F5N4O4. The van der Waals surface area contributed by atoms with Crippen molar-refractivity contribution >= 4 is 23.6 Å². The molecule has 206 valence electrons. The molecule has 8 nitrogen and oxygen atoms in total. The molecule has 0 spiro atoms. The van der Waals surface area contributed by atoms with Crippen molar-refractivity contribution in [1.82, 2.24) is 20.4 Å². The van der Waals surface area contributed by atoms with Crippen LogP contribution in [0.15, 0.2) is 42.5 Å². The van der Waals surface area contributed by atoms with Crippen molar-refractivity contribution in [2.24, 2.45) is 0 Å². The molecule has 2 N–H and O–H groups in total. The average Bonchev–Trinajstić information content (AvgIpc) is 3.16. The monoisotopic (exact) mass is 550 g/mol. The molecule has 5 rings (SSSR count). The third kappa shape index (κ3) is 5.49. The number of hydrogen-bond donors (Lipinski definition) is 2. The van der Waals surface area contributed by atoms with Crippen LogP contribution < -0.4 is 10.6 Å². The van der Waals surface area contributed by atoms with Gasteiger partial charge in [0.15, 0.2) is 6.04 Å². The molecule has 2 fully saturated rings. The number of amides is 4. The van der Waals surface area contributed by atoms with Crippen molar-refractivity contribution in [3.05, 3.63) is 70.3 Å². The van der Waals surface area contributed by atoms with E-state index in [9.17, 15) is 41.1 Å². The van der Waals surface area contributed by atoms with Gasteiger partial charge in [0.2, 0.25) is 11.8 Å². The molecule has 0 aromatic heterocycles. The quantitative estimate of drug-likeness (QED) is 0.426. The van der Waals surface area contributed by atoms with Crippen LogP contribution in [-0.2, 0) is 22.7 Å². The van der Waals surface area contributed by atoms with Crippen LogP contribution >= 0.6 is 0 Å². The zero-order chi connectivity index (χ0) is 28.1. The van der Waals surface area contributed by atoms with E-state index in [0.717, 1.165) is 0 Å². The zero-order valence-corrected chi connectivity index (χ0v) is 20.4. The summed E-state index contributed by atoms with van der Waals surface area (Å²) >= 11 is 0. The molecule has 3 aliphatic rings. The van der Waals surface area contributed by atoms with Crippen LogP contribution in [0, 0.1) is 0 Å². The molecule has 3 aliphatic heterocycles. The number of nitrogens with one attached hydrogen (secondary N) is 2. The van der Waals surface area contributed by atoms with Gasteiger partial charge in [-0.2, -0.15) is 13.2 Å². The fourth-order valence-electron chi connectivity index (χ4n) is 5.08. The van der Waals surface area contributed by atoms with E-state index in [4.69, 9.17) is 0 Å². The standard InChI is InChI=1S/C26H23F5N4O4/c27-25(28)12-34(13-25)10-14-1-3-15(4-2-14)21(26(29,30)31)33-22(37)16-5-6-18-17(9-16)11-35(24(18)39)19-7-8-20(36)32-23(19)38/h1-6,9,19,21H,7-8,10-13H2,(H,33,37)(H,32,36,38)/t19?,21-/m1/s1. The van der Waals surface area contributed by atoms with Gasteiger partial charge in [-0.05, 0) is 41.3 Å². The molecule has 0 aliphatic carbocycles. The first-order chi connectivity index (χ1) is 18.3. The molecule has 2 aromatic carbocycles. The van der Waals surface area contributed by atoms with Gasteiger partial charge in [0.05, 0.1) is 13.1 Å². The molecule has 0 bridgehead atoms. The van der Waals surface area contributed by atoms with Crippen molar-refractivity contribution in [2.45, 2.75) is 50.1 Å². The van der Waals surface area contributed by atoms with E-state index in [-0.39, 0.29) is 42.6 Å². The summed E-state index contributed by atoms with van der Waals surface area (Å²) in [6, 6.07) is 5.89. The lowest BCUT2D eigenvalue weighted by Gasteiger charge is -2.38. The van der Waals surface area contributed by atoms with Gasteiger partial charge in [-0.15, -0.1) is 0 Å². The lowest BCUT2D eigenvalue weighted by molar-refractivity contribution is -0.155. The number of hydrogen-bond acceptors (Lipinski definition) is 5. The van der Waals surface area contributed by atoms with E-state index in [1.807, 2.05) is 5.32 Å². The summed E-state index contributed by atoms with van der Waals surface area (Å²) in [6.45, 7) is -0.682. The molecule has 2 aromatic rings. The largest absolute Gasteiger partial charge is 0.412 e. The lowest BCUT2D eigenvalue weighted by atomic mass is 10.0. The first kappa shape index (κ1) is 26.7. The number of rotatable bonds is 6. The molecule has 2 atom stereocenters. The van der Waals surface area contributed by atoms with E-state index >= 15 is 0 Å². The number of benzene rings is 2. The topological polar surface area (TPSA) is 98.8 Å². The maximum atomic E-state index is 13.9. The lowest BCUT2D eigenvalue weighted by Crippen LogP contribution is -2.55. The van der Waals surface area contributed by atoms with Crippen LogP contribution in [0.1, 0.15) is 56.3 Å². The summed E-state index contributed by atoms with van der Waals surface area (Å²) in [4.78, 5) is 52.0. The van der Waals surface area contributed by atoms with Gasteiger partial charge in [0.25, 0.3) is 17.7 Å². The van der Waals surface area contributed by atoms with Crippen LogP contribution in [0.5, 0.6) is 0 Å². The minimum Gasteiger partial charge on any atom is -0.337 e. The van der Waals surface area contributed by atoms with Crippen molar-refractivity contribution < 1.29 is 41.1 Å². The van der Waals surface area contributed by atoms with Gasteiger partial charge in [0.1, 0.15) is 6.04 Å². The Labute approximate surface area is 219 Å². The van der Waals surface area contributed by atoms with Gasteiger partial charge in [0, 0.05) is 30.6 Å². The number of alkyl halides is 5. The van der Waals surface area contributed by atoms with Crippen LogP contribution in [0.3, 0.4) is 0 Å². The Morgan fingerprint density at radius 1 is 1.08 bits per heavy atom. The number of carbonyl (C=O) groups excluding carboxylic acids is 4. The Hall–Kier alpha value is -3.87. The van der Waals surface area contributed by atoms with E-state index in [1.54, 1.807) is 0 Å². The second-order valence-corrected chi connectivity index (χ2v) is 9.96. The van der Waals surface area contributed by atoms with Crippen LogP contribution in [-0.4, -0.2) is 64.7 Å². The normalized spacial score (nSPS) is 21.7. The smallest absolute Gasteiger partial charge is 0.337 e. The molecule has 2 saturated heterocycles. The Morgan fingerprint density at radius 2 is 1.77 bits per heavy atom. The van der Waals surface area contributed by atoms with Crippen molar-refractivity contribution in [2.75, 3.05) is 13.1 Å². The fourth-order valence-corrected chi connectivity index (χ4v) is 5.08. The average molecular weight is 550 g/mol. The van der Waals surface area contributed by atoms with Crippen LogP contribution in [0.25, 0.3) is 0 Å². The highest BCUT2D eigenvalue weighted by atomic mass is 19.4. The highest BCUT2D eigenvalue weighted by Crippen LogP contribution is 2.34. The molecule has 3 heterocycles. The number of piperidine rings is 1. The number of halogens is 5. The number of fused-ring (bicyclic) bond motifs is 1. The van der Waals surface area contributed by atoms with Crippen molar-refractivity contribution in [3.63, 3.8) is 0 Å². The zero-order valence-electron chi connectivity index (χ0n) is 20.4. The summed E-state index contributed by atoms with van der Waals surface area (Å²) < 4.78 is 67.8. The maximum absolute atomic E-state index is 13.9. The summed E-state index contributed by atoms with van der Waals surface area (Å²) in [7, 11) is 0. The Morgan fingerprint density at radius 3 is 2.38 bits per heavy atom. The van der Waals surface area contributed by atoms with Gasteiger partial charge in [-0.3, -0.25) is 29.4 Å². The molecule has 1 unspecified atom stereocenters. The molecule has 0 radical (unpaired) electrons. The predicted molar refractivity (Wildman–Crippen MR) is 125 cm³/mol. The predicted octanol–water partition coefficient (Wildman–Crippen LogP) is 2.93. The third-order valence-electron chi connectivity index (χ3n) is 7.02. The van der Waals surface area contributed by atoms with E-state index in [2.05, 4.69) is 5.32 Å². The summed E-state index contributed by atoms with van der Waals surface area (Å²) in [5, 5.41) is 4.18. The van der Waals surface area contributed by atoms with Crippen LogP contribution in [0.2, 0.25) is 0 Å². The second-order valence-electron chi connectivity index (χ2n) is 9.96. The SMILES string of the molecule is O=C1CCC(N2Cc3cc(C(=O)N[C@H](c4ccc(CN5CC(F)(F)C5)cc4)C(F)(F)F)ccc3C2=O)C(=O)N1. The fraction of sp³-hybridized carbons (Fsp3) is 0.385. The molecule has 39 heavy (non-hydrogen) atoms. The van der Waals surface area contributed by atoms with Gasteiger partial charge < -0.3 is 10.2 Å². The Kier molecular flexibility index (Phi) is 6.65. The molecule has 0 saturated carbocycles. The van der Waals surface area contributed by atoms with Crippen molar-refractivity contribution in [1.29, 1.82) is 0 Å². The minimum atomic E-state index is -4.83. The number of imide groups is 1. The van der Waals surface area contributed by atoms with E-state index < -0.39 is 60.9 Å². The number of nitrogens with zero attached hydrogens (tertiary/aromatic N) is 2. The van der Waals surface area contributed by atoms with Gasteiger partial charge in [-0.25, -0.2) is 8.78 Å². The van der Waals surface area contributed by atoms with Crippen molar-refractivity contribution in [3.8, 4) is 0 Å². The minimum absolute atomic E-state index is 0.0331. The van der Waals surface area contributed by atoms with Gasteiger partial charge >= 0.3 is 6.18 Å². The Bertz CT molecular complexity index is 1340. The molecule has 4 amide bonds. The Balaban J connectivity index is 1.28. The first-order valence-electron chi connectivity index (χ1n) is 12.1. The highest BCUT2D eigenvalue weighted by molar-refractivity contribution is 6.06. The van der Waals surface area contributed by atoms with E-state index in [1.165, 1.54) is 52.3 Å². The maximum Gasteiger partial charge on any atom is 0.412 e. The summed E-state index contributed by atoms with van der Waals surface area (Å²) in [6.07, 6.45) is -4.61. The molecule has 13 heteroatoms. The molecular weight excluding hydrogens is 527 g/mol. The van der Waals surface area contributed by atoms with Gasteiger partial charge in [-0.1, -0.05) is 24.3 Å². The number of likely N-dealkylation sites (tertiary alicyclic amines) is 1.